The second-order valence-corrected chi connectivity index (χ2v) is 6.50. The number of halogens is 1. The summed E-state index contributed by atoms with van der Waals surface area (Å²) < 4.78 is 0. The van der Waals surface area contributed by atoms with Gasteiger partial charge in [0.05, 0.1) is 5.41 Å². The molecule has 21 heavy (non-hydrogen) atoms. The standard InChI is InChI=1S/C17H23ClN2O/c18-9-12-19-10-4-11-20(14-13-19)16(21)17(7-8-17)15-5-2-1-3-6-15/h1-3,5-6H,4,7-14H2. The highest BCUT2D eigenvalue weighted by atomic mass is 35.5. The molecule has 0 atom stereocenters. The lowest BCUT2D eigenvalue weighted by atomic mass is 9.94. The number of alkyl halides is 1. The zero-order valence-corrected chi connectivity index (χ0v) is 13.2. The van der Waals surface area contributed by atoms with Crippen molar-refractivity contribution in [3.63, 3.8) is 0 Å². The molecule has 3 rings (SSSR count). The highest BCUT2D eigenvalue weighted by Gasteiger charge is 2.52. The van der Waals surface area contributed by atoms with E-state index in [-0.39, 0.29) is 5.41 Å². The summed E-state index contributed by atoms with van der Waals surface area (Å²) in [5.41, 5.74) is 0.972. The maximum Gasteiger partial charge on any atom is 0.233 e. The number of carbonyl (C=O) groups is 1. The number of hydrogen-bond donors (Lipinski definition) is 0. The quantitative estimate of drug-likeness (QED) is 0.798. The second-order valence-electron chi connectivity index (χ2n) is 6.12. The van der Waals surface area contributed by atoms with Crippen molar-refractivity contribution in [2.45, 2.75) is 24.7 Å². The third-order valence-corrected chi connectivity index (χ3v) is 4.93. The van der Waals surface area contributed by atoms with Gasteiger partial charge in [0.2, 0.25) is 5.91 Å². The SMILES string of the molecule is O=C(N1CCCN(CCCl)CC1)C1(c2ccccc2)CC1. The molecule has 0 bridgehead atoms. The smallest absolute Gasteiger partial charge is 0.233 e. The van der Waals surface area contributed by atoms with Crippen molar-refractivity contribution in [3.8, 4) is 0 Å². The van der Waals surface area contributed by atoms with E-state index in [2.05, 4.69) is 21.9 Å². The molecule has 1 saturated heterocycles. The third kappa shape index (κ3) is 3.09. The molecule has 2 aliphatic rings. The Labute approximate surface area is 131 Å². The molecule has 1 aliphatic carbocycles. The Kier molecular flexibility index (Phi) is 4.51. The summed E-state index contributed by atoms with van der Waals surface area (Å²) >= 11 is 5.83. The van der Waals surface area contributed by atoms with Crippen molar-refractivity contribution in [2.24, 2.45) is 0 Å². The van der Waals surface area contributed by atoms with E-state index in [1.165, 1.54) is 5.56 Å². The van der Waals surface area contributed by atoms with Crippen LogP contribution in [0.5, 0.6) is 0 Å². The Morgan fingerprint density at radius 3 is 2.52 bits per heavy atom. The molecule has 1 aromatic rings. The van der Waals surface area contributed by atoms with Crippen molar-refractivity contribution in [1.29, 1.82) is 0 Å². The van der Waals surface area contributed by atoms with Crippen molar-refractivity contribution in [3.05, 3.63) is 35.9 Å². The van der Waals surface area contributed by atoms with Crippen LogP contribution in [0.4, 0.5) is 0 Å². The molecular weight excluding hydrogens is 284 g/mol. The van der Waals surface area contributed by atoms with E-state index < -0.39 is 0 Å². The van der Waals surface area contributed by atoms with Gasteiger partial charge in [-0.05, 0) is 31.4 Å². The Morgan fingerprint density at radius 1 is 1.10 bits per heavy atom. The van der Waals surface area contributed by atoms with Crippen molar-refractivity contribution < 1.29 is 4.79 Å². The summed E-state index contributed by atoms with van der Waals surface area (Å²) in [6.07, 6.45) is 3.04. The predicted octanol–water partition coefficient (Wildman–Crippen LogP) is 2.49. The highest BCUT2D eigenvalue weighted by molar-refractivity contribution is 6.18. The van der Waals surface area contributed by atoms with Crippen molar-refractivity contribution in [1.82, 2.24) is 9.80 Å². The Bertz CT molecular complexity index is 487. The molecule has 0 aromatic heterocycles. The van der Waals surface area contributed by atoms with E-state index in [0.717, 1.165) is 52.0 Å². The minimum atomic E-state index is -0.219. The molecule has 0 spiro atoms. The fourth-order valence-corrected chi connectivity index (χ4v) is 3.57. The van der Waals surface area contributed by atoms with Crippen LogP contribution in [0.2, 0.25) is 0 Å². The lowest BCUT2D eigenvalue weighted by Crippen LogP contribution is -2.41. The van der Waals surface area contributed by atoms with Gasteiger partial charge in [0.1, 0.15) is 0 Å². The van der Waals surface area contributed by atoms with E-state index in [4.69, 9.17) is 11.6 Å². The average molecular weight is 307 g/mol. The summed E-state index contributed by atoms with van der Waals surface area (Å²) in [4.78, 5) is 17.4. The van der Waals surface area contributed by atoms with Crippen LogP contribution in [-0.4, -0.2) is 54.3 Å². The molecule has 1 amide bonds. The van der Waals surface area contributed by atoms with Crippen LogP contribution in [0.15, 0.2) is 30.3 Å². The molecule has 3 nitrogen and oxygen atoms in total. The summed E-state index contributed by atoms with van der Waals surface area (Å²) in [7, 11) is 0. The maximum absolute atomic E-state index is 13.0. The minimum absolute atomic E-state index is 0.219. The van der Waals surface area contributed by atoms with Gasteiger partial charge < -0.3 is 9.80 Å². The first-order chi connectivity index (χ1) is 10.3. The van der Waals surface area contributed by atoms with Crippen LogP contribution in [0.1, 0.15) is 24.8 Å². The van der Waals surface area contributed by atoms with Gasteiger partial charge in [-0.15, -0.1) is 11.6 Å². The molecule has 0 unspecified atom stereocenters. The van der Waals surface area contributed by atoms with E-state index in [1.807, 2.05) is 18.2 Å². The van der Waals surface area contributed by atoms with Crippen LogP contribution >= 0.6 is 11.6 Å². The summed E-state index contributed by atoms with van der Waals surface area (Å²) in [5.74, 6) is 1.00. The highest BCUT2D eigenvalue weighted by Crippen LogP contribution is 2.49. The van der Waals surface area contributed by atoms with Crippen molar-refractivity contribution >= 4 is 17.5 Å². The summed E-state index contributed by atoms with van der Waals surface area (Å²) in [6.45, 7) is 4.64. The topological polar surface area (TPSA) is 23.6 Å². The monoisotopic (exact) mass is 306 g/mol. The zero-order valence-electron chi connectivity index (χ0n) is 12.4. The summed E-state index contributed by atoms with van der Waals surface area (Å²) in [6, 6.07) is 10.3. The normalized spacial score (nSPS) is 21.9. The molecule has 114 valence electrons. The first-order valence-corrected chi connectivity index (χ1v) is 8.43. The van der Waals surface area contributed by atoms with Gasteiger partial charge in [-0.1, -0.05) is 30.3 Å². The number of carbonyl (C=O) groups excluding carboxylic acids is 1. The van der Waals surface area contributed by atoms with Gasteiger partial charge in [0.25, 0.3) is 0 Å². The lowest BCUT2D eigenvalue weighted by Gasteiger charge is -2.26. The second kappa shape index (κ2) is 6.37. The van der Waals surface area contributed by atoms with Gasteiger partial charge in [-0.3, -0.25) is 4.79 Å². The molecular formula is C17H23ClN2O. The minimum Gasteiger partial charge on any atom is -0.341 e. The van der Waals surface area contributed by atoms with Crippen LogP contribution < -0.4 is 0 Å². The molecule has 1 aliphatic heterocycles. The number of nitrogens with zero attached hydrogens (tertiary/aromatic N) is 2. The van der Waals surface area contributed by atoms with E-state index in [1.54, 1.807) is 0 Å². The van der Waals surface area contributed by atoms with E-state index in [0.29, 0.717) is 11.8 Å². The fraction of sp³-hybridized carbons (Fsp3) is 0.588. The van der Waals surface area contributed by atoms with Gasteiger partial charge in [-0.25, -0.2) is 0 Å². The van der Waals surface area contributed by atoms with Gasteiger partial charge in [0, 0.05) is 32.1 Å². The number of rotatable bonds is 4. The molecule has 1 aromatic carbocycles. The van der Waals surface area contributed by atoms with Crippen LogP contribution in [0.3, 0.4) is 0 Å². The van der Waals surface area contributed by atoms with Crippen LogP contribution in [0.25, 0.3) is 0 Å². The van der Waals surface area contributed by atoms with Crippen molar-refractivity contribution in [2.75, 3.05) is 38.6 Å². The molecule has 1 saturated carbocycles. The Balaban J connectivity index is 1.68. The van der Waals surface area contributed by atoms with Gasteiger partial charge in [-0.2, -0.15) is 0 Å². The first-order valence-electron chi connectivity index (χ1n) is 7.89. The molecule has 0 radical (unpaired) electrons. The fourth-order valence-electron chi connectivity index (χ4n) is 3.33. The maximum atomic E-state index is 13.0. The predicted molar refractivity (Wildman–Crippen MR) is 85.7 cm³/mol. The van der Waals surface area contributed by atoms with Crippen LogP contribution in [-0.2, 0) is 10.2 Å². The largest absolute Gasteiger partial charge is 0.341 e. The zero-order chi connectivity index (χ0) is 14.7. The Morgan fingerprint density at radius 2 is 1.86 bits per heavy atom. The molecule has 0 N–H and O–H groups in total. The average Bonchev–Trinajstić information content (AvgIpc) is 3.33. The van der Waals surface area contributed by atoms with Gasteiger partial charge in [0.15, 0.2) is 0 Å². The van der Waals surface area contributed by atoms with E-state index in [9.17, 15) is 4.79 Å². The van der Waals surface area contributed by atoms with E-state index >= 15 is 0 Å². The van der Waals surface area contributed by atoms with Gasteiger partial charge >= 0.3 is 0 Å². The molecule has 4 heteroatoms. The number of hydrogen-bond acceptors (Lipinski definition) is 2. The van der Waals surface area contributed by atoms with Crippen LogP contribution in [0, 0.1) is 0 Å². The summed E-state index contributed by atoms with van der Waals surface area (Å²) in [5, 5.41) is 0. The first kappa shape index (κ1) is 14.9. The molecule has 2 fully saturated rings. The molecule has 1 heterocycles. The number of benzene rings is 1. The lowest BCUT2D eigenvalue weighted by molar-refractivity contribution is -0.133. The Hall–Kier alpha value is -1.06. The third-order valence-electron chi connectivity index (χ3n) is 4.76. The number of amides is 1.